The van der Waals surface area contributed by atoms with Crippen LogP contribution in [0.25, 0.3) is 0 Å². The van der Waals surface area contributed by atoms with Crippen molar-refractivity contribution in [1.82, 2.24) is 10.2 Å². The Morgan fingerprint density at radius 1 is 1.13 bits per heavy atom. The molecule has 0 aromatic heterocycles. The molecule has 0 radical (unpaired) electrons. The first-order valence-electron chi connectivity index (χ1n) is 7.80. The molecule has 6 nitrogen and oxygen atoms in total. The Bertz CT molecular complexity index is 551. The van der Waals surface area contributed by atoms with Crippen molar-refractivity contribution < 1.29 is 19.1 Å². The summed E-state index contributed by atoms with van der Waals surface area (Å²) in [5.41, 5.74) is 0.643. The Balaban J connectivity index is 1.74. The van der Waals surface area contributed by atoms with Gasteiger partial charge < -0.3 is 15.0 Å². The molecule has 1 aromatic carbocycles. The molecule has 124 valence electrons. The zero-order valence-electron chi connectivity index (χ0n) is 13.3. The van der Waals surface area contributed by atoms with Crippen molar-refractivity contribution in [2.45, 2.75) is 31.7 Å². The molecule has 0 atom stereocenters. The molecule has 0 saturated carbocycles. The summed E-state index contributed by atoms with van der Waals surface area (Å²) in [6.45, 7) is 1.19. The van der Waals surface area contributed by atoms with Crippen molar-refractivity contribution in [3.63, 3.8) is 0 Å². The van der Waals surface area contributed by atoms with Crippen molar-refractivity contribution in [2.75, 3.05) is 20.2 Å². The molecule has 0 aliphatic carbocycles. The number of carbonyl (C=O) groups excluding carboxylic acids is 3. The minimum absolute atomic E-state index is 0.0387. The molecule has 1 aromatic rings. The molecule has 2 rings (SSSR count). The monoisotopic (exact) mass is 318 g/mol. The number of ether oxygens (including phenoxy) is 1. The summed E-state index contributed by atoms with van der Waals surface area (Å²) in [6.07, 6.45) is 1.73. The number of esters is 1. The van der Waals surface area contributed by atoms with Gasteiger partial charge >= 0.3 is 5.97 Å². The molecule has 0 bridgehead atoms. The summed E-state index contributed by atoms with van der Waals surface area (Å²) in [6, 6.07) is 9.17. The lowest BCUT2D eigenvalue weighted by atomic mass is 10.0. The molecule has 1 fully saturated rings. The summed E-state index contributed by atoms with van der Waals surface area (Å²) in [4.78, 5) is 36.9. The van der Waals surface area contributed by atoms with Gasteiger partial charge in [-0.2, -0.15) is 0 Å². The van der Waals surface area contributed by atoms with Crippen LogP contribution in [0.2, 0.25) is 0 Å². The topological polar surface area (TPSA) is 75.7 Å². The average Bonchev–Trinajstić information content (AvgIpc) is 2.60. The van der Waals surface area contributed by atoms with Crippen LogP contribution < -0.4 is 5.32 Å². The van der Waals surface area contributed by atoms with E-state index in [0.29, 0.717) is 18.7 Å². The van der Waals surface area contributed by atoms with E-state index in [1.165, 1.54) is 7.11 Å². The van der Waals surface area contributed by atoms with E-state index in [9.17, 15) is 14.4 Å². The zero-order valence-corrected chi connectivity index (χ0v) is 13.3. The van der Waals surface area contributed by atoms with Gasteiger partial charge in [0.2, 0.25) is 5.91 Å². The molecule has 2 amide bonds. The number of carbonyl (C=O) groups is 3. The molecule has 1 N–H and O–H groups in total. The molecule has 1 saturated heterocycles. The van der Waals surface area contributed by atoms with Crippen molar-refractivity contribution in [2.24, 2.45) is 0 Å². The SMILES string of the molecule is COC(=O)CCC(=O)N1CCC(NC(=O)c2ccccc2)CC1. The van der Waals surface area contributed by atoms with Crippen molar-refractivity contribution >= 4 is 17.8 Å². The summed E-state index contributed by atoms with van der Waals surface area (Å²) in [5, 5.41) is 3.00. The lowest BCUT2D eigenvalue weighted by Crippen LogP contribution is -2.46. The average molecular weight is 318 g/mol. The number of amides is 2. The van der Waals surface area contributed by atoms with Crippen molar-refractivity contribution in [3.8, 4) is 0 Å². The third kappa shape index (κ3) is 5.09. The number of nitrogens with one attached hydrogen (secondary N) is 1. The summed E-state index contributed by atoms with van der Waals surface area (Å²) >= 11 is 0. The highest BCUT2D eigenvalue weighted by Gasteiger charge is 2.24. The number of benzene rings is 1. The molecule has 0 unspecified atom stereocenters. The third-order valence-electron chi connectivity index (χ3n) is 3.99. The highest BCUT2D eigenvalue weighted by Crippen LogP contribution is 2.13. The summed E-state index contributed by atoms with van der Waals surface area (Å²) in [7, 11) is 1.31. The highest BCUT2D eigenvalue weighted by molar-refractivity contribution is 5.94. The molecule has 1 aliphatic heterocycles. The van der Waals surface area contributed by atoms with Gasteiger partial charge in [0.1, 0.15) is 0 Å². The highest BCUT2D eigenvalue weighted by atomic mass is 16.5. The van der Waals surface area contributed by atoms with Crippen LogP contribution in [0.1, 0.15) is 36.0 Å². The second-order valence-corrected chi connectivity index (χ2v) is 5.57. The second-order valence-electron chi connectivity index (χ2n) is 5.57. The molecular weight excluding hydrogens is 296 g/mol. The molecule has 1 heterocycles. The Morgan fingerprint density at radius 3 is 2.39 bits per heavy atom. The maximum absolute atomic E-state index is 12.1. The predicted octanol–water partition coefficient (Wildman–Crippen LogP) is 1.36. The standard InChI is InChI=1S/C17H22N2O4/c1-23-16(21)8-7-15(20)19-11-9-14(10-12-19)18-17(22)13-5-3-2-4-6-13/h2-6,14H,7-12H2,1H3,(H,18,22). The Hall–Kier alpha value is -2.37. The minimum atomic E-state index is -0.372. The van der Waals surface area contributed by atoms with E-state index < -0.39 is 0 Å². The molecule has 23 heavy (non-hydrogen) atoms. The van der Waals surface area contributed by atoms with Crippen LogP contribution in [0, 0.1) is 0 Å². The fourth-order valence-corrected chi connectivity index (χ4v) is 2.60. The van der Waals surface area contributed by atoms with E-state index in [2.05, 4.69) is 10.1 Å². The zero-order chi connectivity index (χ0) is 16.7. The van der Waals surface area contributed by atoms with Crippen LogP contribution in [0.15, 0.2) is 30.3 Å². The number of methoxy groups -OCH3 is 1. The van der Waals surface area contributed by atoms with Gasteiger partial charge in [-0.15, -0.1) is 0 Å². The van der Waals surface area contributed by atoms with Crippen LogP contribution >= 0.6 is 0 Å². The normalized spacial score (nSPS) is 15.1. The predicted molar refractivity (Wildman–Crippen MR) is 84.8 cm³/mol. The quantitative estimate of drug-likeness (QED) is 0.832. The van der Waals surface area contributed by atoms with E-state index in [0.717, 1.165) is 12.8 Å². The molecule has 0 spiro atoms. The molecule has 6 heteroatoms. The first-order chi connectivity index (χ1) is 11.1. The number of piperidine rings is 1. The van der Waals surface area contributed by atoms with Crippen LogP contribution in [0.3, 0.4) is 0 Å². The first kappa shape index (κ1) is 17.0. The van der Waals surface area contributed by atoms with Crippen LogP contribution in [-0.4, -0.2) is 48.9 Å². The van der Waals surface area contributed by atoms with Gasteiger partial charge in [0.25, 0.3) is 5.91 Å². The van der Waals surface area contributed by atoms with Gasteiger partial charge in [0, 0.05) is 31.1 Å². The lowest BCUT2D eigenvalue weighted by Gasteiger charge is -2.32. The lowest BCUT2D eigenvalue weighted by molar-refractivity contribution is -0.143. The van der Waals surface area contributed by atoms with Gasteiger partial charge in [0.15, 0.2) is 0 Å². The third-order valence-corrected chi connectivity index (χ3v) is 3.99. The van der Waals surface area contributed by atoms with Crippen LogP contribution in [-0.2, 0) is 14.3 Å². The van der Waals surface area contributed by atoms with Gasteiger partial charge in [0.05, 0.1) is 13.5 Å². The number of rotatable bonds is 5. The number of likely N-dealkylation sites (tertiary alicyclic amines) is 1. The summed E-state index contributed by atoms with van der Waals surface area (Å²) in [5.74, 6) is -0.493. The van der Waals surface area contributed by atoms with Gasteiger partial charge in [-0.1, -0.05) is 18.2 Å². The fourth-order valence-electron chi connectivity index (χ4n) is 2.60. The van der Waals surface area contributed by atoms with Crippen LogP contribution in [0.4, 0.5) is 0 Å². The number of nitrogens with zero attached hydrogens (tertiary/aromatic N) is 1. The Labute approximate surface area is 135 Å². The Morgan fingerprint density at radius 2 is 1.78 bits per heavy atom. The van der Waals surface area contributed by atoms with Gasteiger partial charge in [-0.05, 0) is 25.0 Å². The fraction of sp³-hybridized carbons (Fsp3) is 0.471. The van der Waals surface area contributed by atoms with E-state index in [1.807, 2.05) is 18.2 Å². The largest absolute Gasteiger partial charge is 0.469 e. The van der Waals surface area contributed by atoms with E-state index in [-0.39, 0.29) is 36.7 Å². The van der Waals surface area contributed by atoms with Crippen molar-refractivity contribution in [1.29, 1.82) is 0 Å². The van der Waals surface area contributed by atoms with E-state index >= 15 is 0 Å². The Kier molecular flexibility index (Phi) is 6.14. The van der Waals surface area contributed by atoms with E-state index in [4.69, 9.17) is 0 Å². The number of hydrogen-bond donors (Lipinski definition) is 1. The smallest absolute Gasteiger partial charge is 0.306 e. The van der Waals surface area contributed by atoms with Crippen molar-refractivity contribution in [3.05, 3.63) is 35.9 Å². The summed E-state index contributed by atoms with van der Waals surface area (Å²) < 4.78 is 4.53. The second kappa shape index (κ2) is 8.31. The maximum Gasteiger partial charge on any atom is 0.306 e. The first-order valence-corrected chi connectivity index (χ1v) is 7.80. The van der Waals surface area contributed by atoms with Gasteiger partial charge in [-0.3, -0.25) is 14.4 Å². The van der Waals surface area contributed by atoms with Gasteiger partial charge in [-0.25, -0.2) is 0 Å². The maximum atomic E-state index is 12.1. The minimum Gasteiger partial charge on any atom is -0.469 e. The molecule has 1 aliphatic rings. The van der Waals surface area contributed by atoms with E-state index in [1.54, 1.807) is 17.0 Å². The molecular formula is C17H22N2O4. The van der Waals surface area contributed by atoms with Crippen LogP contribution in [0.5, 0.6) is 0 Å². The number of hydrogen-bond acceptors (Lipinski definition) is 4.